The molecule has 0 spiro atoms. The Labute approximate surface area is 122 Å². The fourth-order valence-electron chi connectivity index (χ4n) is 2.08. The Bertz CT molecular complexity index is 531. The molecule has 116 valence electrons. The molecule has 1 fully saturated rings. The molecule has 1 saturated heterocycles. The first-order chi connectivity index (χ1) is 9.59. The number of hydrogen-bond acceptors (Lipinski definition) is 3. The van der Waals surface area contributed by atoms with Crippen LogP contribution in [0.15, 0.2) is 12.1 Å². The molecule has 7 heteroatoms. The Morgan fingerprint density at radius 3 is 2.05 bits per heavy atom. The summed E-state index contributed by atoms with van der Waals surface area (Å²) in [4.78, 5) is 0. The third kappa shape index (κ3) is 2.76. The molecule has 1 aliphatic heterocycles. The molecule has 0 amide bonds. The van der Waals surface area contributed by atoms with Crippen molar-refractivity contribution in [2.75, 3.05) is 7.11 Å². The van der Waals surface area contributed by atoms with Gasteiger partial charge in [0.05, 0.1) is 23.9 Å². The van der Waals surface area contributed by atoms with Crippen LogP contribution in [0, 0.1) is 5.82 Å². The zero-order chi connectivity index (χ0) is 16.0. The van der Waals surface area contributed by atoms with Crippen molar-refractivity contribution in [3.8, 4) is 5.75 Å². The fourth-order valence-corrected chi connectivity index (χ4v) is 2.08. The van der Waals surface area contributed by atoms with Gasteiger partial charge in [0.2, 0.25) is 0 Å². The van der Waals surface area contributed by atoms with E-state index in [0.717, 1.165) is 12.1 Å². The van der Waals surface area contributed by atoms with E-state index in [9.17, 15) is 13.2 Å². The van der Waals surface area contributed by atoms with Crippen LogP contribution in [0.1, 0.15) is 39.7 Å². The number of benzene rings is 1. The van der Waals surface area contributed by atoms with Crippen LogP contribution < -0.4 is 10.2 Å². The van der Waals surface area contributed by atoms with Crippen molar-refractivity contribution in [2.24, 2.45) is 0 Å². The van der Waals surface area contributed by atoms with E-state index < -0.39 is 36.1 Å². The first-order valence-corrected chi connectivity index (χ1v) is 6.60. The van der Waals surface area contributed by atoms with E-state index in [-0.39, 0.29) is 11.2 Å². The molecule has 0 aromatic heterocycles. The van der Waals surface area contributed by atoms with Crippen molar-refractivity contribution in [1.29, 1.82) is 0 Å². The van der Waals surface area contributed by atoms with E-state index in [4.69, 9.17) is 14.0 Å². The van der Waals surface area contributed by atoms with Crippen molar-refractivity contribution < 1.29 is 27.2 Å². The van der Waals surface area contributed by atoms with E-state index in [0.29, 0.717) is 0 Å². The van der Waals surface area contributed by atoms with Gasteiger partial charge in [0.15, 0.2) is 0 Å². The van der Waals surface area contributed by atoms with Gasteiger partial charge in [-0.3, -0.25) is 0 Å². The molecule has 0 aliphatic carbocycles. The number of ether oxygens (including phenoxy) is 1. The molecule has 0 N–H and O–H groups in total. The zero-order valence-electron chi connectivity index (χ0n) is 12.7. The third-order valence-electron chi connectivity index (χ3n) is 4.09. The molecule has 1 aromatic rings. The van der Waals surface area contributed by atoms with Gasteiger partial charge < -0.3 is 14.0 Å². The smallest absolute Gasteiger partial charge is 0.497 e. The highest BCUT2D eigenvalue weighted by molar-refractivity contribution is 6.63. The Morgan fingerprint density at radius 2 is 1.62 bits per heavy atom. The second kappa shape index (κ2) is 5.21. The van der Waals surface area contributed by atoms with E-state index in [1.165, 1.54) is 7.11 Å². The van der Waals surface area contributed by atoms with Crippen molar-refractivity contribution >= 4 is 12.6 Å². The van der Waals surface area contributed by atoms with E-state index in [1.54, 1.807) is 0 Å². The standard InChI is InChI=1S/C14H18BF3O3/c1-13(2)14(3,4)21-15(20-13)9-7-10(16)8(12(17)18)6-11(9)19-5/h6-7,12H,1-5H3. The molecule has 0 bridgehead atoms. The highest BCUT2D eigenvalue weighted by Gasteiger charge is 2.52. The first-order valence-electron chi connectivity index (χ1n) is 6.60. The Hall–Kier alpha value is -1.21. The highest BCUT2D eigenvalue weighted by atomic mass is 19.3. The van der Waals surface area contributed by atoms with E-state index >= 15 is 0 Å². The van der Waals surface area contributed by atoms with Crippen molar-refractivity contribution in [1.82, 2.24) is 0 Å². The maximum atomic E-state index is 13.8. The second-order valence-corrected chi connectivity index (χ2v) is 6.00. The summed E-state index contributed by atoms with van der Waals surface area (Å²) in [6.07, 6.45) is -2.91. The summed E-state index contributed by atoms with van der Waals surface area (Å²) in [5.41, 5.74) is -1.66. The lowest BCUT2D eigenvalue weighted by molar-refractivity contribution is 0.00578. The molecule has 1 aromatic carbocycles. The monoisotopic (exact) mass is 302 g/mol. The minimum Gasteiger partial charge on any atom is -0.497 e. The lowest BCUT2D eigenvalue weighted by atomic mass is 9.77. The summed E-state index contributed by atoms with van der Waals surface area (Å²) in [5.74, 6) is -0.888. The molecule has 0 saturated carbocycles. The largest absolute Gasteiger partial charge is 0.498 e. The van der Waals surface area contributed by atoms with Gasteiger partial charge in [0.25, 0.3) is 6.43 Å². The lowest BCUT2D eigenvalue weighted by Crippen LogP contribution is -2.41. The number of hydrogen-bond donors (Lipinski definition) is 0. The molecule has 2 rings (SSSR count). The number of halogens is 3. The third-order valence-corrected chi connectivity index (χ3v) is 4.09. The number of rotatable bonds is 3. The van der Waals surface area contributed by atoms with Gasteiger partial charge in [0.1, 0.15) is 11.6 Å². The van der Waals surface area contributed by atoms with Crippen molar-refractivity contribution in [3.05, 3.63) is 23.5 Å². The average Bonchev–Trinajstić information content (AvgIpc) is 2.57. The number of alkyl halides is 2. The molecule has 0 atom stereocenters. The van der Waals surface area contributed by atoms with Gasteiger partial charge in [-0.25, -0.2) is 13.2 Å². The second-order valence-electron chi connectivity index (χ2n) is 6.00. The highest BCUT2D eigenvalue weighted by Crippen LogP contribution is 2.37. The minimum absolute atomic E-state index is 0.116. The molecule has 3 nitrogen and oxygen atoms in total. The maximum absolute atomic E-state index is 13.8. The normalized spacial score (nSPS) is 20.1. The number of methoxy groups -OCH3 is 1. The Balaban J connectivity index is 2.44. The minimum atomic E-state index is -2.91. The summed E-state index contributed by atoms with van der Waals surface area (Å²) < 4.78 is 56.0. The molecular formula is C14H18BF3O3. The topological polar surface area (TPSA) is 27.7 Å². The quantitative estimate of drug-likeness (QED) is 0.803. The van der Waals surface area contributed by atoms with Gasteiger partial charge in [-0.05, 0) is 39.8 Å². The summed E-state index contributed by atoms with van der Waals surface area (Å²) >= 11 is 0. The first kappa shape index (κ1) is 16.2. The van der Waals surface area contributed by atoms with Crippen LogP contribution in [0.5, 0.6) is 5.75 Å². The van der Waals surface area contributed by atoms with Crippen LogP contribution in [0.2, 0.25) is 0 Å². The zero-order valence-corrected chi connectivity index (χ0v) is 12.7. The summed E-state index contributed by atoms with van der Waals surface area (Å²) in [6, 6.07) is 1.98. The van der Waals surface area contributed by atoms with Crippen LogP contribution in [-0.2, 0) is 9.31 Å². The van der Waals surface area contributed by atoms with Crippen LogP contribution >= 0.6 is 0 Å². The molecule has 1 heterocycles. The maximum Gasteiger partial charge on any atom is 0.498 e. The van der Waals surface area contributed by atoms with Gasteiger partial charge in [0, 0.05) is 5.46 Å². The molecule has 1 aliphatic rings. The van der Waals surface area contributed by atoms with E-state index in [1.807, 2.05) is 27.7 Å². The van der Waals surface area contributed by atoms with Gasteiger partial charge in [-0.2, -0.15) is 0 Å². The summed E-state index contributed by atoms with van der Waals surface area (Å²) in [7, 11) is 0.461. The SMILES string of the molecule is COc1cc(C(F)F)c(F)cc1B1OC(C)(C)C(C)(C)O1. The summed E-state index contributed by atoms with van der Waals surface area (Å²) in [5, 5.41) is 0. The van der Waals surface area contributed by atoms with Crippen LogP contribution in [0.25, 0.3) is 0 Å². The van der Waals surface area contributed by atoms with E-state index in [2.05, 4.69) is 0 Å². The van der Waals surface area contributed by atoms with Gasteiger partial charge in [-0.15, -0.1) is 0 Å². The predicted molar refractivity (Wildman–Crippen MR) is 73.6 cm³/mol. The van der Waals surface area contributed by atoms with Crippen LogP contribution in [0.3, 0.4) is 0 Å². The molecule has 0 unspecified atom stereocenters. The molecule has 0 radical (unpaired) electrons. The van der Waals surface area contributed by atoms with Crippen molar-refractivity contribution in [3.63, 3.8) is 0 Å². The Morgan fingerprint density at radius 1 is 1.10 bits per heavy atom. The van der Waals surface area contributed by atoms with Crippen LogP contribution in [0.4, 0.5) is 13.2 Å². The van der Waals surface area contributed by atoms with Crippen molar-refractivity contribution in [2.45, 2.75) is 45.3 Å². The fraction of sp³-hybridized carbons (Fsp3) is 0.571. The lowest BCUT2D eigenvalue weighted by Gasteiger charge is -2.32. The molecule has 21 heavy (non-hydrogen) atoms. The predicted octanol–water partition coefficient (Wildman–Crippen LogP) is 3.07. The van der Waals surface area contributed by atoms with Gasteiger partial charge in [-0.1, -0.05) is 0 Å². The Kier molecular flexibility index (Phi) is 4.01. The summed E-state index contributed by atoms with van der Waals surface area (Å²) in [6.45, 7) is 7.40. The average molecular weight is 302 g/mol. The molecular weight excluding hydrogens is 284 g/mol. The van der Waals surface area contributed by atoms with Gasteiger partial charge >= 0.3 is 7.12 Å². The van der Waals surface area contributed by atoms with Crippen LogP contribution in [-0.4, -0.2) is 25.4 Å².